The summed E-state index contributed by atoms with van der Waals surface area (Å²) in [5.74, 6) is 0.567. The van der Waals surface area contributed by atoms with Gasteiger partial charge in [-0.25, -0.2) is 4.79 Å². The van der Waals surface area contributed by atoms with Crippen LogP contribution in [0.15, 0.2) is 76.7 Å². The van der Waals surface area contributed by atoms with Gasteiger partial charge in [0.25, 0.3) is 5.95 Å². The van der Waals surface area contributed by atoms with Crippen LogP contribution in [0.4, 0.5) is 0 Å². The molecule has 180 valence electrons. The van der Waals surface area contributed by atoms with Crippen LogP contribution in [0.1, 0.15) is 32.1 Å². The van der Waals surface area contributed by atoms with Crippen molar-refractivity contribution in [2.75, 3.05) is 6.61 Å². The minimum Gasteiger partial charge on any atom is -0.463 e. The van der Waals surface area contributed by atoms with Gasteiger partial charge in [0.2, 0.25) is 0 Å². The largest absolute Gasteiger partial charge is 0.463 e. The Morgan fingerprint density at radius 3 is 2.37 bits per heavy atom. The molecule has 0 saturated carbocycles. The maximum absolute atomic E-state index is 13.0. The second kappa shape index (κ2) is 11.5. The van der Waals surface area contributed by atoms with Crippen LogP contribution in [-0.2, 0) is 14.3 Å². The summed E-state index contributed by atoms with van der Waals surface area (Å²) in [5.41, 5.74) is -0.0880. The summed E-state index contributed by atoms with van der Waals surface area (Å²) in [5, 5.41) is 1.16. The molecule has 0 fully saturated rings. The first-order chi connectivity index (χ1) is 17.0. The molecule has 0 amide bonds. The summed E-state index contributed by atoms with van der Waals surface area (Å²) < 4.78 is 22.8. The highest BCUT2D eigenvalue weighted by Gasteiger charge is 2.11. The molecule has 8 heteroatoms. The minimum absolute atomic E-state index is 0.0880. The molecule has 0 bridgehead atoms. The van der Waals surface area contributed by atoms with Gasteiger partial charge in [0.05, 0.1) is 12.9 Å². The third-order valence-corrected chi connectivity index (χ3v) is 6.36. The highest BCUT2D eigenvalue weighted by atomic mass is 32.1. The lowest BCUT2D eigenvalue weighted by Gasteiger charge is -2.07. The third kappa shape index (κ3) is 6.36. The molecule has 0 saturated heterocycles. The topological polar surface area (TPSA) is 92.0 Å². The molecule has 4 aromatic rings. The van der Waals surface area contributed by atoms with E-state index in [0.29, 0.717) is 41.2 Å². The van der Waals surface area contributed by atoms with Crippen molar-refractivity contribution in [2.45, 2.75) is 32.1 Å². The van der Waals surface area contributed by atoms with E-state index in [1.54, 1.807) is 48.5 Å². The van der Waals surface area contributed by atoms with Crippen molar-refractivity contribution in [3.8, 4) is 17.4 Å². The van der Waals surface area contributed by atoms with E-state index in [1.807, 2.05) is 0 Å². The van der Waals surface area contributed by atoms with Crippen molar-refractivity contribution in [1.29, 1.82) is 0 Å². The number of esters is 2. The number of fused-ring (bicyclic) bond motifs is 2. The lowest BCUT2D eigenvalue weighted by molar-refractivity contribution is -0.137. The molecule has 0 aliphatic heterocycles. The van der Waals surface area contributed by atoms with Gasteiger partial charge in [0, 0.05) is 38.7 Å². The Morgan fingerprint density at radius 1 is 0.943 bits per heavy atom. The number of hydrogen-bond acceptors (Lipinski definition) is 8. The lowest BCUT2D eigenvalue weighted by Crippen LogP contribution is -2.08. The van der Waals surface area contributed by atoms with E-state index in [0.717, 1.165) is 34.7 Å². The molecule has 0 atom stereocenters. The zero-order valence-corrected chi connectivity index (χ0v) is 19.8. The van der Waals surface area contributed by atoms with Crippen LogP contribution in [0.3, 0.4) is 0 Å². The lowest BCUT2D eigenvalue weighted by atomic mass is 10.1. The molecule has 4 rings (SSSR count). The van der Waals surface area contributed by atoms with Crippen LogP contribution in [-0.4, -0.2) is 18.5 Å². The van der Waals surface area contributed by atoms with Crippen molar-refractivity contribution in [2.24, 2.45) is 0 Å². The second-order valence-corrected chi connectivity index (χ2v) is 8.87. The standard InChI is InChI=1S/C27H24O7S/c1-2-24(28)31-14-6-4-3-5-8-25(29)33-18-10-12-20-22(16-18)35-23-17-19(11-13-21(23)27(20)30)34-26-9-7-15-32-26/h2,7,9-13,15-17H,1,3-6,8,14H2. The van der Waals surface area contributed by atoms with Crippen LogP contribution in [0.5, 0.6) is 17.4 Å². The zero-order valence-electron chi connectivity index (χ0n) is 19.0. The number of ether oxygens (including phenoxy) is 3. The van der Waals surface area contributed by atoms with Gasteiger partial charge in [-0.2, -0.15) is 0 Å². The number of carbonyl (C=O) groups is 2. The van der Waals surface area contributed by atoms with Crippen LogP contribution in [0, 0.1) is 0 Å². The monoisotopic (exact) mass is 492 g/mol. The average Bonchev–Trinajstić information content (AvgIpc) is 3.36. The molecule has 0 N–H and O–H groups in total. The maximum atomic E-state index is 13.0. The second-order valence-electron chi connectivity index (χ2n) is 7.79. The van der Waals surface area contributed by atoms with Gasteiger partial charge < -0.3 is 18.6 Å². The number of hydrogen-bond donors (Lipinski definition) is 0. The average molecular weight is 493 g/mol. The molecule has 2 aromatic carbocycles. The predicted molar refractivity (Wildman–Crippen MR) is 134 cm³/mol. The molecule has 0 spiro atoms. The predicted octanol–water partition coefficient (Wildman–Crippen LogP) is 6.39. The zero-order chi connectivity index (χ0) is 24.6. The van der Waals surface area contributed by atoms with Gasteiger partial charge in [0.15, 0.2) is 5.43 Å². The highest BCUT2D eigenvalue weighted by molar-refractivity contribution is 7.24. The molecule has 0 aliphatic rings. The highest BCUT2D eigenvalue weighted by Crippen LogP contribution is 2.31. The van der Waals surface area contributed by atoms with Gasteiger partial charge in [-0.1, -0.05) is 19.4 Å². The smallest absolute Gasteiger partial charge is 0.330 e. The molecule has 0 radical (unpaired) electrons. The first kappa shape index (κ1) is 24.2. The molecule has 2 heterocycles. The Kier molecular flexibility index (Phi) is 7.95. The number of rotatable bonds is 11. The molecular formula is C27H24O7S. The first-order valence-electron chi connectivity index (χ1n) is 11.3. The van der Waals surface area contributed by atoms with Crippen LogP contribution >= 0.6 is 11.3 Å². The maximum Gasteiger partial charge on any atom is 0.330 e. The van der Waals surface area contributed by atoms with Crippen molar-refractivity contribution in [3.63, 3.8) is 0 Å². The molecule has 35 heavy (non-hydrogen) atoms. The summed E-state index contributed by atoms with van der Waals surface area (Å²) in [6, 6.07) is 13.7. The third-order valence-electron chi connectivity index (χ3n) is 5.25. The van der Waals surface area contributed by atoms with Gasteiger partial charge in [-0.3, -0.25) is 9.59 Å². The summed E-state index contributed by atoms with van der Waals surface area (Å²) in [6.45, 7) is 3.69. The fourth-order valence-electron chi connectivity index (χ4n) is 3.52. The van der Waals surface area contributed by atoms with E-state index >= 15 is 0 Å². The Hall–Kier alpha value is -3.91. The number of unbranched alkanes of at least 4 members (excludes halogenated alkanes) is 3. The van der Waals surface area contributed by atoms with Crippen molar-refractivity contribution in [1.82, 2.24) is 0 Å². The molecule has 7 nitrogen and oxygen atoms in total. The van der Waals surface area contributed by atoms with Gasteiger partial charge in [-0.05, 0) is 55.3 Å². The van der Waals surface area contributed by atoms with Gasteiger partial charge >= 0.3 is 11.9 Å². The summed E-state index contributed by atoms with van der Waals surface area (Å²) in [7, 11) is 0. The fourth-order valence-corrected chi connectivity index (χ4v) is 4.65. The van der Waals surface area contributed by atoms with Crippen molar-refractivity contribution in [3.05, 3.63) is 77.7 Å². The quantitative estimate of drug-likeness (QED) is 0.0788. The normalized spacial score (nSPS) is 10.9. The molecule has 2 aromatic heterocycles. The van der Waals surface area contributed by atoms with E-state index in [9.17, 15) is 14.4 Å². The van der Waals surface area contributed by atoms with Crippen molar-refractivity contribution < 1.29 is 28.2 Å². The van der Waals surface area contributed by atoms with E-state index in [2.05, 4.69) is 6.58 Å². The Morgan fingerprint density at radius 2 is 1.66 bits per heavy atom. The van der Waals surface area contributed by atoms with Gasteiger partial charge in [0.1, 0.15) is 11.5 Å². The van der Waals surface area contributed by atoms with Crippen LogP contribution in [0.25, 0.3) is 20.2 Å². The Balaban J connectivity index is 1.37. The minimum atomic E-state index is -0.426. The summed E-state index contributed by atoms with van der Waals surface area (Å²) >= 11 is 1.42. The molecular weight excluding hydrogens is 468 g/mol. The number of carbonyl (C=O) groups excluding carboxylic acids is 2. The van der Waals surface area contributed by atoms with E-state index < -0.39 is 5.97 Å². The Labute approximate surface area is 205 Å². The SMILES string of the molecule is C=CC(=O)OCCCCCCC(=O)Oc1ccc2c(=O)c3ccc(Oc4ccco4)cc3sc2c1. The van der Waals surface area contributed by atoms with Gasteiger partial charge in [-0.15, -0.1) is 11.3 Å². The van der Waals surface area contributed by atoms with E-state index in [-0.39, 0.29) is 17.8 Å². The summed E-state index contributed by atoms with van der Waals surface area (Å²) in [4.78, 5) is 36.2. The van der Waals surface area contributed by atoms with E-state index in [1.165, 1.54) is 17.6 Å². The number of furan rings is 1. The molecule has 0 aliphatic carbocycles. The Bertz CT molecular complexity index is 1400. The van der Waals surface area contributed by atoms with E-state index in [4.69, 9.17) is 18.6 Å². The van der Waals surface area contributed by atoms with Crippen molar-refractivity contribution >= 4 is 43.4 Å². The first-order valence-corrected chi connectivity index (χ1v) is 12.1. The van der Waals surface area contributed by atoms with Crippen LogP contribution in [0.2, 0.25) is 0 Å². The van der Waals surface area contributed by atoms with Crippen LogP contribution < -0.4 is 14.9 Å². The fraction of sp³-hybridized carbons (Fsp3) is 0.222. The molecule has 0 unspecified atom stereocenters. The summed E-state index contributed by atoms with van der Waals surface area (Å²) in [6.07, 6.45) is 6.03. The number of benzene rings is 2.